The lowest BCUT2D eigenvalue weighted by Gasteiger charge is -2.10. The van der Waals surface area contributed by atoms with Crippen LogP contribution in [0.4, 0.5) is 0 Å². The molecule has 1 aromatic carbocycles. The molecule has 0 fully saturated rings. The monoisotopic (exact) mass is 300 g/mol. The fourth-order valence-corrected chi connectivity index (χ4v) is 2.10. The van der Waals surface area contributed by atoms with Gasteiger partial charge in [-0.1, -0.05) is 0 Å². The summed E-state index contributed by atoms with van der Waals surface area (Å²) in [5, 5.41) is 3.02. The summed E-state index contributed by atoms with van der Waals surface area (Å²) in [7, 11) is 0. The van der Waals surface area contributed by atoms with Gasteiger partial charge in [0.05, 0.1) is 10.5 Å². The topological polar surface area (TPSA) is 73.6 Å². The first-order chi connectivity index (χ1) is 8.08. The van der Waals surface area contributed by atoms with Gasteiger partial charge in [0, 0.05) is 6.54 Å². The number of carbonyl (C=O) groups excluding carboxylic acids is 1. The van der Waals surface area contributed by atoms with E-state index in [1.807, 2.05) is 12.1 Å². The van der Waals surface area contributed by atoms with Crippen LogP contribution in [0.15, 0.2) is 16.6 Å². The number of nitrogens with one attached hydrogen (secondary N) is 1. The van der Waals surface area contributed by atoms with Crippen molar-refractivity contribution < 1.29 is 14.3 Å². The minimum Gasteiger partial charge on any atom is -0.454 e. The van der Waals surface area contributed by atoms with E-state index in [1.54, 1.807) is 6.92 Å². The maximum Gasteiger partial charge on any atom is 0.234 e. The third-order valence-electron chi connectivity index (χ3n) is 2.53. The van der Waals surface area contributed by atoms with Gasteiger partial charge in [-0.05, 0) is 40.5 Å². The zero-order valence-electron chi connectivity index (χ0n) is 9.33. The smallest absolute Gasteiger partial charge is 0.234 e. The van der Waals surface area contributed by atoms with Gasteiger partial charge in [0.1, 0.15) is 0 Å². The second-order valence-corrected chi connectivity index (χ2v) is 4.67. The molecular weight excluding hydrogens is 288 g/mol. The van der Waals surface area contributed by atoms with Crippen LogP contribution in [-0.4, -0.2) is 18.7 Å². The SMILES string of the molecule is CC(NCc1cc(Br)c2c(c1)OCO2)C(N)=O. The van der Waals surface area contributed by atoms with Crippen LogP contribution in [-0.2, 0) is 11.3 Å². The molecule has 0 aliphatic carbocycles. The Morgan fingerprint density at radius 2 is 2.35 bits per heavy atom. The van der Waals surface area contributed by atoms with Gasteiger partial charge in [-0.15, -0.1) is 0 Å². The molecule has 3 N–H and O–H groups in total. The Morgan fingerprint density at radius 1 is 1.59 bits per heavy atom. The molecule has 1 aromatic rings. The van der Waals surface area contributed by atoms with Gasteiger partial charge >= 0.3 is 0 Å². The van der Waals surface area contributed by atoms with E-state index in [-0.39, 0.29) is 18.7 Å². The summed E-state index contributed by atoms with van der Waals surface area (Å²) < 4.78 is 11.4. The lowest BCUT2D eigenvalue weighted by molar-refractivity contribution is -0.119. The maximum atomic E-state index is 10.9. The van der Waals surface area contributed by atoms with Crippen molar-refractivity contribution in [2.45, 2.75) is 19.5 Å². The van der Waals surface area contributed by atoms with E-state index in [9.17, 15) is 4.79 Å². The summed E-state index contributed by atoms with van der Waals surface area (Å²) in [6, 6.07) is 3.45. The van der Waals surface area contributed by atoms with Gasteiger partial charge in [-0.25, -0.2) is 0 Å². The van der Waals surface area contributed by atoms with Crippen LogP contribution < -0.4 is 20.5 Å². The molecule has 1 aliphatic rings. The summed E-state index contributed by atoms with van der Waals surface area (Å²) in [6.07, 6.45) is 0. The van der Waals surface area contributed by atoms with E-state index < -0.39 is 0 Å². The zero-order chi connectivity index (χ0) is 12.4. The van der Waals surface area contributed by atoms with Crippen LogP contribution in [0.2, 0.25) is 0 Å². The number of hydrogen-bond acceptors (Lipinski definition) is 4. The number of rotatable bonds is 4. The number of fused-ring (bicyclic) bond motifs is 1. The Labute approximate surface area is 107 Å². The quantitative estimate of drug-likeness (QED) is 0.874. The first-order valence-electron chi connectivity index (χ1n) is 5.18. The number of primary amides is 1. The molecule has 6 heteroatoms. The minimum atomic E-state index is -0.371. The van der Waals surface area contributed by atoms with Crippen LogP contribution in [0, 0.1) is 0 Å². The van der Waals surface area contributed by atoms with E-state index in [4.69, 9.17) is 15.2 Å². The normalized spacial score (nSPS) is 14.7. The summed E-state index contributed by atoms with van der Waals surface area (Å²) >= 11 is 3.41. The summed E-state index contributed by atoms with van der Waals surface area (Å²) in [6.45, 7) is 2.51. The molecule has 0 spiro atoms. The van der Waals surface area contributed by atoms with E-state index in [0.717, 1.165) is 15.8 Å². The van der Waals surface area contributed by atoms with Crippen molar-refractivity contribution in [3.63, 3.8) is 0 Å². The maximum absolute atomic E-state index is 10.9. The average Bonchev–Trinajstić information content (AvgIpc) is 2.74. The van der Waals surface area contributed by atoms with Crippen LogP contribution in [0.1, 0.15) is 12.5 Å². The first kappa shape index (κ1) is 12.2. The van der Waals surface area contributed by atoms with E-state index in [2.05, 4.69) is 21.2 Å². The molecule has 1 heterocycles. The van der Waals surface area contributed by atoms with E-state index in [1.165, 1.54) is 0 Å². The third-order valence-corrected chi connectivity index (χ3v) is 3.12. The molecule has 0 saturated heterocycles. The molecule has 0 saturated carbocycles. The Balaban J connectivity index is 2.07. The Kier molecular flexibility index (Phi) is 3.54. The predicted molar refractivity (Wildman–Crippen MR) is 65.8 cm³/mol. The largest absolute Gasteiger partial charge is 0.454 e. The highest BCUT2D eigenvalue weighted by atomic mass is 79.9. The number of carbonyl (C=O) groups is 1. The van der Waals surface area contributed by atoms with Crippen LogP contribution >= 0.6 is 15.9 Å². The number of benzene rings is 1. The van der Waals surface area contributed by atoms with Crippen molar-refractivity contribution in [1.29, 1.82) is 0 Å². The molecule has 5 nitrogen and oxygen atoms in total. The number of nitrogens with two attached hydrogens (primary N) is 1. The Morgan fingerprint density at radius 3 is 3.06 bits per heavy atom. The molecule has 92 valence electrons. The van der Waals surface area contributed by atoms with Crippen LogP contribution in [0.5, 0.6) is 11.5 Å². The molecule has 2 rings (SSSR count). The van der Waals surface area contributed by atoms with Crippen molar-refractivity contribution in [1.82, 2.24) is 5.32 Å². The number of amides is 1. The van der Waals surface area contributed by atoms with Crippen molar-refractivity contribution in [2.75, 3.05) is 6.79 Å². The van der Waals surface area contributed by atoms with Gasteiger partial charge in [0.25, 0.3) is 0 Å². The van der Waals surface area contributed by atoms with Gasteiger partial charge in [-0.3, -0.25) is 4.79 Å². The highest BCUT2D eigenvalue weighted by molar-refractivity contribution is 9.10. The van der Waals surface area contributed by atoms with Crippen LogP contribution in [0.3, 0.4) is 0 Å². The molecule has 0 aromatic heterocycles. The second-order valence-electron chi connectivity index (χ2n) is 3.82. The van der Waals surface area contributed by atoms with Gasteiger partial charge in [0.2, 0.25) is 12.7 Å². The number of halogens is 1. The van der Waals surface area contributed by atoms with Crippen molar-refractivity contribution in [2.24, 2.45) is 5.73 Å². The average molecular weight is 301 g/mol. The molecule has 0 bridgehead atoms. The molecule has 1 unspecified atom stereocenters. The Hall–Kier alpha value is -1.27. The summed E-state index contributed by atoms with van der Waals surface area (Å²) in [5.41, 5.74) is 6.16. The first-order valence-corrected chi connectivity index (χ1v) is 5.98. The zero-order valence-corrected chi connectivity index (χ0v) is 10.9. The van der Waals surface area contributed by atoms with Crippen molar-refractivity contribution in [3.8, 4) is 11.5 Å². The standard InChI is InChI=1S/C11H13BrN2O3/c1-6(11(13)15)14-4-7-2-8(12)10-9(3-7)16-5-17-10/h2-3,6,14H,4-5H2,1H3,(H2,13,15). The Bertz CT molecular complexity index is 451. The van der Waals surface area contributed by atoms with E-state index in [0.29, 0.717) is 12.3 Å². The third kappa shape index (κ3) is 2.70. The molecule has 1 atom stereocenters. The highest BCUT2D eigenvalue weighted by Crippen LogP contribution is 2.39. The van der Waals surface area contributed by atoms with Gasteiger partial charge in [-0.2, -0.15) is 0 Å². The van der Waals surface area contributed by atoms with Crippen LogP contribution in [0.25, 0.3) is 0 Å². The predicted octanol–water partition coefficient (Wildman–Crippen LogP) is 1.14. The van der Waals surface area contributed by atoms with Crippen molar-refractivity contribution >= 4 is 21.8 Å². The number of ether oxygens (including phenoxy) is 2. The van der Waals surface area contributed by atoms with Gasteiger partial charge < -0.3 is 20.5 Å². The minimum absolute atomic E-state index is 0.239. The molecular formula is C11H13BrN2O3. The summed E-state index contributed by atoms with van der Waals surface area (Å²) in [4.78, 5) is 10.9. The summed E-state index contributed by atoms with van der Waals surface area (Å²) in [5.74, 6) is 1.06. The lowest BCUT2D eigenvalue weighted by atomic mass is 10.2. The van der Waals surface area contributed by atoms with E-state index >= 15 is 0 Å². The molecule has 1 aliphatic heterocycles. The molecule has 1 amide bonds. The van der Waals surface area contributed by atoms with Gasteiger partial charge in [0.15, 0.2) is 11.5 Å². The fraction of sp³-hybridized carbons (Fsp3) is 0.364. The number of hydrogen-bond donors (Lipinski definition) is 2. The molecule has 17 heavy (non-hydrogen) atoms. The second kappa shape index (κ2) is 4.93. The van der Waals surface area contributed by atoms with Crippen molar-refractivity contribution in [3.05, 3.63) is 22.2 Å². The highest BCUT2D eigenvalue weighted by Gasteiger charge is 2.18. The fourth-order valence-electron chi connectivity index (χ4n) is 1.49. The molecule has 0 radical (unpaired) electrons. The lowest BCUT2D eigenvalue weighted by Crippen LogP contribution is -2.38.